The molecule has 2 aromatic rings. The normalized spacial score (nSPS) is 10.2. The summed E-state index contributed by atoms with van der Waals surface area (Å²) in [5.74, 6) is 2.08. The van der Waals surface area contributed by atoms with E-state index in [1.54, 1.807) is 0 Å². The zero-order valence-corrected chi connectivity index (χ0v) is 17.2. The van der Waals surface area contributed by atoms with Gasteiger partial charge in [0, 0.05) is 56.3 Å². The fraction of sp³-hybridized carbons (Fsp3) is 0.600. The number of nitrogens with two attached hydrogens (primary N) is 1. The van der Waals surface area contributed by atoms with Gasteiger partial charge in [0.15, 0.2) is 0 Å². The van der Waals surface area contributed by atoms with E-state index in [-0.39, 0.29) is 0 Å². The number of imidazole rings is 1. The van der Waals surface area contributed by atoms with Crippen molar-refractivity contribution >= 4 is 11.5 Å². The molecule has 0 aliphatic carbocycles. The molecule has 2 rings (SSSR count). The number of ether oxygens (including phenoxy) is 1. The Morgan fingerprint density at radius 3 is 2.35 bits per heavy atom. The highest BCUT2D eigenvalue weighted by Crippen LogP contribution is 2.23. The molecular formula is C20H35N5O. The van der Waals surface area contributed by atoms with Crippen LogP contribution < -0.4 is 15.4 Å². The molecule has 0 radical (unpaired) electrons. The zero-order valence-electron chi connectivity index (χ0n) is 17.2. The SMILES string of the molecule is CC.CCCN(CCC)c1cc(N)nc(OCCc2cnc(C)n2C)c1. The van der Waals surface area contributed by atoms with Crippen LogP contribution in [0.2, 0.25) is 0 Å². The van der Waals surface area contributed by atoms with Crippen LogP contribution in [0.3, 0.4) is 0 Å². The van der Waals surface area contributed by atoms with Crippen LogP contribution in [-0.2, 0) is 13.5 Å². The Balaban J connectivity index is 0.00000163. The lowest BCUT2D eigenvalue weighted by Gasteiger charge is -2.24. The summed E-state index contributed by atoms with van der Waals surface area (Å²) in [6.07, 6.45) is 4.87. The van der Waals surface area contributed by atoms with Crippen molar-refractivity contribution in [3.63, 3.8) is 0 Å². The van der Waals surface area contributed by atoms with Crippen LogP contribution in [0, 0.1) is 6.92 Å². The van der Waals surface area contributed by atoms with E-state index in [1.807, 2.05) is 46.1 Å². The van der Waals surface area contributed by atoms with Gasteiger partial charge in [-0.3, -0.25) is 0 Å². The summed E-state index contributed by atoms with van der Waals surface area (Å²) < 4.78 is 7.92. The predicted molar refractivity (Wildman–Crippen MR) is 110 cm³/mol. The molecule has 0 unspecified atom stereocenters. The number of nitrogen functional groups attached to an aromatic ring is 1. The van der Waals surface area contributed by atoms with Crippen LogP contribution in [-0.4, -0.2) is 34.2 Å². The van der Waals surface area contributed by atoms with E-state index < -0.39 is 0 Å². The molecule has 0 fully saturated rings. The molecule has 6 heteroatoms. The summed E-state index contributed by atoms with van der Waals surface area (Å²) >= 11 is 0. The van der Waals surface area contributed by atoms with Gasteiger partial charge in [0.25, 0.3) is 0 Å². The largest absolute Gasteiger partial charge is 0.477 e. The molecule has 0 spiro atoms. The van der Waals surface area contributed by atoms with Gasteiger partial charge in [-0.05, 0) is 19.8 Å². The van der Waals surface area contributed by atoms with Gasteiger partial charge in [-0.25, -0.2) is 4.98 Å². The Hall–Kier alpha value is -2.24. The summed E-state index contributed by atoms with van der Waals surface area (Å²) in [5.41, 5.74) is 8.20. The number of hydrogen-bond acceptors (Lipinski definition) is 5. The van der Waals surface area contributed by atoms with E-state index in [9.17, 15) is 0 Å². The van der Waals surface area contributed by atoms with Gasteiger partial charge in [-0.2, -0.15) is 4.98 Å². The minimum absolute atomic E-state index is 0.496. The molecule has 0 saturated heterocycles. The molecule has 0 aliphatic rings. The van der Waals surface area contributed by atoms with Crippen molar-refractivity contribution in [2.45, 2.75) is 53.9 Å². The van der Waals surface area contributed by atoms with E-state index in [1.165, 1.54) is 0 Å². The first-order valence-electron chi connectivity index (χ1n) is 9.67. The summed E-state index contributed by atoms with van der Waals surface area (Å²) in [7, 11) is 2.02. The maximum absolute atomic E-state index is 5.97. The molecule has 0 saturated carbocycles. The molecule has 0 aromatic carbocycles. The average Bonchev–Trinajstić information content (AvgIpc) is 2.95. The van der Waals surface area contributed by atoms with E-state index in [2.05, 4.69) is 33.3 Å². The molecule has 2 N–H and O–H groups in total. The topological polar surface area (TPSA) is 69.2 Å². The third-order valence-corrected chi connectivity index (χ3v) is 4.08. The van der Waals surface area contributed by atoms with Crippen LogP contribution in [0.25, 0.3) is 0 Å². The average molecular weight is 362 g/mol. The van der Waals surface area contributed by atoms with Crippen molar-refractivity contribution in [3.05, 3.63) is 29.8 Å². The number of hydrogen-bond donors (Lipinski definition) is 1. The second-order valence-corrected chi connectivity index (χ2v) is 6.03. The van der Waals surface area contributed by atoms with Gasteiger partial charge < -0.3 is 19.9 Å². The zero-order chi connectivity index (χ0) is 19.5. The number of pyridine rings is 1. The fourth-order valence-corrected chi connectivity index (χ4v) is 2.72. The summed E-state index contributed by atoms with van der Waals surface area (Å²) in [5, 5.41) is 0. The second kappa shape index (κ2) is 11.4. The minimum Gasteiger partial charge on any atom is -0.477 e. The van der Waals surface area contributed by atoms with Crippen molar-refractivity contribution in [1.29, 1.82) is 0 Å². The first-order valence-corrected chi connectivity index (χ1v) is 9.67. The van der Waals surface area contributed by atoms with Crippen LogP contribution in [0.1, 0.15) is 52.1 Å². The highest BCUT2D eigenvalue weighted by Gasteiger charge is 2.09. The Labute approximate surface area is 158 Å². The minimum atomic E-state index is 0.496. The molecular weight excluding hydrogens is 326 g/mol. The van der Waals surface area contributed by atoms with Gasteiger partial charge >= 0.3 is 0 Å². The van der Waals surface area contributed by atoms with E-state index in [0.29, 0.717) is 18.3 Å². The van der Waals surface area contributed by atoms with Gasteiger partial charge in [0.05, 0.1) is 6.61 Å². The molecule has 0 atom stereocenters. The highest BCUT2D eigenvalue weighted by molar-refractivity contribution is 5.55. The van der Waals surface area contributed by atoms with E-state index in [4.69, 9.17) is 10.5 Å². The van der Waals surface area contributed by atoms with Crippen molar-refractivity contribution in [1.82, 2.24) is 14.5 Å². The fourth-order valence-electron chi connectivity index (χ4n) is 2.72. The Bertz CT molecular complexity index is 648. The second-order valence-electron chi connectivity index (χ2n) is 6.03. The van der Waals surface area contributed by atoms with Crippen LogP contribution >= 0.6 is 0 Å². The number of rotatable bonds is 9. The maximum Gasteiger partial charge on any atom is 0.217 e. The quantitative estimate of drug-likeness (QED) is 0.731. The maximum atomic E-state index is 5.97. The van der Waals surface area contributed by atoms with E-state index >= 15 is 0 Å². The van der Waals surface area contributed by atoms with Crippen LogP contribution in [0.4, 0.5) is 11.5 Å². The lowest BCUT2D eigenvalue weighted by molar-refractivity contribution is 0.307. The van der Waals surface area contributed by atoms with Crippen LogP contribution in [0.15, 0.2) is 18.3 Å². The summed E-state index contributed by atoms with van der Waals surface area (Å²) in [4.78, 5) is 10.9. The predicted octanol–water partition coefficient (Wildman–Crippen LogP) is 3.98. The van der Waals surface area contributed by atoms with Gasteiger partial charge in [0.1, 0.15) is 11.6 Å². The molecule has 2 heterocycles. The molecule has 146 valence electrons. The lowest BCUT2D eigenvalue weighted by atomic mass is 10.3. The molecule has 0 bridgehead atoms. The molecule has 0 aliphatic heterocycles. The smallest absolute Gasteiger partial charge is 0.217 e. The van der Waals surface area contributed by atoms with Crippen LogP contribution in [0.5, 0.6) is 5.88 Å². The van der Waals surface area contributed by atoms with Crippen molar-refractivity contribution in [2.75, 3.05) is 30.3 Å². The van der Waals surface area contributed by atoms with Gasteiger partial charge in [-0.1, -0.05) is 27.7 Å². The third kappa shape index (κ3) is 6.24. The van der Waals surface area contributed by atoms with Crippen molar-refractivity contribution in [2.24, 2.45) is 7.05 Å². The van der Waals surface area contributed by atoms with Gasteiger partial charge in [0.2, 0.25) is 5.88 Å². The molecule has 6 nitrogen and oxygen atoms in total. The molecule has 0 amide bonds. The number of nitrogens with zero attached hydrogens (tertiary/aromatic N) is 4. The number of aromatic nitrogens is 3. The first kappa shape index (κ1) is 21.8. The van der Waals surface area contributed by atoms with Crippen molar-refractivity contribution in [3.8, 4) is 5.88 Å². The Kier molecular flexibility index (Phi) is 9.55. The van der Waals surface area contributed by atoms with Gasteiger partial charge in [-0.15, -0.1) is 0 Å². The monoisotopic (exact) mass is 361 g/mol. The Morgan fingerprint density at radius 2 is 1.81 bits per heavy atom. The summed E-state index contributed by atoms with van der Waals surface area (Å²) in [6.45, 7) is 12.9. The number of aryl methyl sites for hydroxylation is 1. The standard InChI is InChI=1S/C18H29N5O.C2H6/c1-5-8-23(9-6-2)16-11-17(19)21-18(12-16)24-10-7-15-13-20-14(3)22(15)4;1-2/h11-13H,5-10H2,1-4H3,(H2,19,21);1-2H3. The van der Waals surface area contributed by atoms with E-state index in [0.717, 1.165) is 49.6 Å². The highest BCUT2D eigenvalue weighted by atomic mass is 16.5. The van der Waals surface area contributed by atoms with Crippen molar-refractivity contribution < 1.29 is 4.74 Å². The molecule has 26 heavy (non-hydrogen) atoms. The Morgan fingerprint density at radius 1 is 1.15 bits per heavy atom. The number of anilines is 2. The third-order valence-electron chi connectivity index (χ3n) is 4.08. The summed E-state index contributed by atoms with van der Waals surface area (Å²) in [6, 6.07) is 3.90. The lowest BCUT2D eigenvalue weighted by Crippen LogP contribution is -2.25. The first-order chi connectivity index (χ1) is 12.5. The molecule has 2 aromatic heterocycles.